The SMILES string of the molecule is CC(C=O)c1cc(F)c(Cl)cc1Cl. The zero-order chi connectivity index (χ0) is 10.0. The average Bonchev–Trinajstić information content (AvgIpc) is 2.10. The van der Waals surface area contributed by atoms with E-state index in [2.05, 4.69) is 0 Å². The van der Waals surface area contributed by atoms with Crippen molar-refractivity contribution in [1.29, 1.82) is 0 Å². The van der Waals surface area contributed by atoms with Crippen LogP contribution in [0.2, 0.25) is 10.0 Å². The highest BCUT2D eigenvalue weighted by molar-refractivity contribution is 6.35. The molecular formula is C9H7Cl2FO. The number of benzene rings is 1. The molecule has 0 saturated heterocycles. The van der Waals surface area contributed by atoms with Gasteiger partial charge in [-0.15, -0.1) is 0 Å². The number of halogens is 3. The number of hydrogen-bond donors (Lipinski definition) is 0. The first-order valence-corrected chi connectivity index (χ1v) is 4.41. The molecule has 1 atom stereocenters. The van der Waals surface area contributed by atoms with Crippen molar-refractivity contribution in [2.75, 3.05) is 0 Å². The standard InChI is InChI=1S/C9H7Cl2FO/c1-5(4-13)6-2-9(12)8(11)3-7(6)10/h2-5H,1H3. The Balaban J connectivity index is 3.22. The van der Waals surface area contributed by atoms with Crippen LogP contribution in [0, 0.1) is 5.82 Å². The summed E-state index contributed by atoms with van der Waals surface area (Å²) in [6, 6.07) is 2.48. The summed E-state index contributed by atoms with van der Waals surface area (Å²) in [5, 5.41) is 0.276. The Hall–Kier alpha value is -0.600. The molecule has 0 N–H and O–H groups in total. The molecule has 0 aliphatic heterocycles. The molecule has 70 valence electrons. The van der Waals surface area contributed by atoms with Gasteiger partial charge in [0.15, 0.2) is 0 Å². The molecule has 0 bridgehead atoms. The van der Waals surface area contributed by atoms with Gasteiger partial charge in [0.25, 0.3) is 0 Å². The molecule has 1 nitrogen and oxygen atoms in total. The fourth-order valence-electron chi connectivity index (χ4n) is 0.960. The lowest BCUT2D eigenvalue weighted by Crippen LogP contribution is -1.96. The molecule has 0 aromatic heterocycles. The normalized spacial score (nSPS) is 12.6. The second kappa shape index (κ2) is 4.07. The lowest BCUT2D eigenvalue weighted by Gasteiger charge is -2.07. The van der Waals surface area contributed by atoms with Crippen molar-refractivity contribution in [3.63, 3.8) is 0 Å². The summed E-state index contributed by atoms with van der Waals surface area (Å²) < 4.78 is 12.9. The van der Waals surface area contributed by atoms with Crippen LogP contribution in [-0.2, 0) is 4.79 Å². The van der Waals surface area contributed by atoms with Crippen LogP contribution in [0.25, 0.3) is 0 Å². The van der Waals surface area contributed by atoms with Crippen LogP contribution in [0.15, 0.2) is 12.1 Å². The molecule has 0 aliphatic rings. The van der Waals surface area contributed by atoms with E-state index in [9.17, 15) is 9.18 Å². The van der Waals surface area contributed by atoms with E-state index in [1.165, 1.54) is 12.1 Å². The zero-order valence-corrected chi connectivity index (χ0v) is 8.36. The quantitative estimate of drug-likeness (QED) is 0.552. The van der Waals surface area contributed by atoms with Gasteiger partial charge in [-0.3, -0.25) is 0 Å². The summed E-state index contributed by atoms with van der Waals surface area (Å²) in [5.74, 6) is -0.978. The highest BCUT2D eigenvalue weighted by Crippen LogP contribution is 2.28. The first-order chi connectivity index (χ1) is 6.06. The van der Waals surface area contributed by atoms with E-state index in [4.69, 9.17) is 23.2 Å². The van der Waals surface area contributed by atoms with Gasteiger partial charge in [-0.2, -0.15) is 0 Å². The smallest absolute Gasteiger partial charge is 0.142 e. The van der Waals surface area contributed by atoms with Crippen molar-refractivity contribution >= 4 is 29.5 Å². The second-order valence-corrected chi connectivity index (χ2v) is 3.53. The summed E-state index contributed by atoms with van der Waals surface area (Å²) >= 11 is 11.3. The third-order valence-electron chi connectivity index (χ3n) is 1.73. The molecule has 0 aliphatic carbocycles. The number of aldehydes is 1. The van der Waals surface area contributed by atoms with Crippen LogP contribution >= 0.6 is 23.2 Å². The van der Waals surface area contributed by atoms with Crippen LogP contribution in [0.3, 0.4) is 0 Å². The summed E-state index contributed by atoms with van der Waals surface area (Å²) in [6.07, 6.45) is 0.703. The Morgan fingerprint density at radius 3 is 2.54 bits per heavy atom. The van der Waals surface area contributed by atoms with Gasteiger partial charge in [0.2, 0.25) is 0 Å². The number of carbonyl (C=O) groups is 1. The van der Waals surface area contributed by atoms with E-state index >= 15 is 0 Å². The lowest BCUT2D eigenvalue weighted by atomic mass is 10.0. The fourth-order valence-corrected chi connectivity index (χ4v) is 1.52. The van der Waals surface area contributed by atoms with Gasteiger partial charge in [-0.1, -0.05) is 30.1 Å². The van der Waals surface area contributed by atoms with Gasteiger partial charge in [0.05, 0.1) is 5.02 Å². The summed E-state index contributed by atoms with van der Waals surface area (Å²) in [5.41, 5.74) is 0.457. The molecule has 0 amide bonds. The van der Waals surface area contributed by atoms with Gasteiger partial charge >= 0.3 is 0 Å². The number of rotatable bonds is 2. The Morgan fingerprint density at radius 2 is 2.00 bits per heavy atom. The van der Waals surface area contributed by atoms with Crippen molar-refractivity contribution in [3.8, 4) is 0 Å². The van der Waals surface area contributed by atoms with Gasteiger partial charge in [0, 0.05) is 10.9 Å². The van der Waals surface area contributed by atoms with Crippen LogP contribution in [0.5, 0.6) is 0 Å². The topological polar surface area (TPSA) is 17.1 Å². The van der Waals surface area contributed by atoms with Crippen LogP contribution in [0.4, 0.5) is 4.39 Å². The molecule has 0 saturated carbocycles. The third kappa shape index (κ3) is 2.20. The zero-order valence-electron chi connectivity index (χ0n) is 6.85. The molecule has 1 rings (SSSR count). The maximum absolute atomic E-state index is 12.9. The average molecular weight is 221 g/mol. The second-order valence-electron chi connectivity index (χ2n) is 2.71. The molecule has 0 fully saturated rings. The molecule has 0 heterocycles. The van der Waals surface area contributed by atoms with Crippen molar-refractivity contribution in [2.45, 2.75) is 12.8 Å². The summed E-state index contributed by atoms with van der Waals surface area (Å²) in [6.45, 7) is 1.64. The van der Waals surface area contributed by atoms with E-state index in [0.29, 0.717) is 16.9 Å². The van der Waals surface area contributed by atoms with E-state index in [1.807, 2.05) is 0 Å². The first kappa shape index (κ1) is 10.5. The van der Waals surface area contributed by atoms with Crippen LogP contribution in [-0.4, -0.2) is 6.29 Å². The Bertz CT molecular complexity index is 339. The predicted molar refractivity (Wildman–Crippen MR) is 50.9 cm³/mol. The highest BCUT2D eigenvalue weighted by Gasteiger charge is 2.12. The van der Waals surface area contributed by atoms with E-state index < -0.39 is 11.7 Å². The van der Waals surface area contributed by atoms with Crippen LogP contribution in [0.1, 0.15) is 18.4 Å². The molecule has 4 heteroatoms. The number of carbonyl (C=O) groups excluding carboxylic acids is 1. The minimum atomic E-state index is -0.560. The van der Waals surface area contributed by atoms with Gasteiger partial charge in [-0.25, -0.2) is 4.39 Å². The molecule has 0 radical (unpaired) electrons. The molecule has 13 heavy (non-hydrogen) atoms. The van der Waals surface area contributed by atoms with Crippen molar-refractivity contribution in [3.05, 3.63) is 33.6 Å². The minimum absolute atomic E-state index is 0.0353. The number of hydrogen-bond acceptors (Lipinski definition) is 1. The highest BCUT2D eigenvalue weighted by atomic mass is 35.5. The molecule has 1 aromatic carbocycles. The predicted octanol–water partition coefficient (Wildman–Crippen LogP) is 3.43. The summed E-state index contributed by atoms with van der Waals surface area (Å²) in [4.78, 5) is 10.4. The Labute approximate surface area is 85.5 Å². The molecule has 0 spiro atoms. The largest absolute Gasteiger partial charge is 0.303 e. The van der Waals surface area contributed by atoms with Crippen molar-refractivity contribution in [2.24, 2.45) is 0 Å². The maximum Gasteiger partial charge on any atom is 0.142 e. The monoisotopic (exact) mass is 220 g/mol. The lowest BCUT2D eigenvalue weighted by molar-refractivity contribution is -0.108. The molecule has 1 unspecified atom stereocenters. The Kier molecular flexibility index (Phi) is 3.28. The third-order valence-corrected chi connectivity index (χ3v) is 2.35. The summed E-state index contributed by atoms with van der Waals surface area (Å²) in [7, 11) is 0. The minimum Gasteiger partial charge on any atom is -0.303 e. The maximum atomic E-state index is 12.9. The van der Waals surface area contributed by atoms with E-state index in [1.54, 1.807) is 6.92 Å². The first-order valence-electron chi connectivity index (χ1n) is 3.66. The van der Waals surface area contributed by atoms with Gasteiger partial charge in [0.1, 0.15) is 12.1 Å². The van der Waals surface area contributed by atoms with E-state index in [0.717, 1.165) is 0 Å². The van der Waals surface area contributed by atoms with Gasteiger partial charge in [-0.05, 0) is 17.7 Å². The van der Waals surface area contributed by atoms with Gasteiger partial charge < -0.3 is 4.79 Å². The van der Waals surface area contributed by atoms with Crippen molar-refractivity contribution < 1.29 is 9.18 Å². The Morgan fingerprint density at radius 1 is 1.38 bits per heavy atom. The van der Waals surface area contributed by atoms with Crippen molar-refractivity contribution in [1.82, 2.24) is 0 Å². The molecule has 1 aromatic rings. The molecular weight excluding hydrogens is 214 g/mol. The van der Waals surface area contributed by atoms with Crippen LogP contribution < -0.4 is 0 Å². The van der Waals surface area contributed by atoms with E-state index in [-0.39, 0.29) is 5.02 Å². The fraction of sp³-hybridized carbons (Fsp3) is 0.222.